The van der Waals surface area contributed by atoms with Crippen molar-refractivity contribution >= 4 is 16.9 Å². The summed E-state index contributed by atoms with van der Waals surface area (Å²) in [5.74, 6) is 0.212. The summed E-state index contributed by atoms with van der Waals surface area (Å²) in [6.45, 7) is 7.84. The minimum atomic E-state index is -0.733. The molecule has 2 aromatic rings. The van der Waals surface area contributed by atoms with Gasteiger partial charge in [0.05, 0.1) is 0 Å². The van der Waals surface area contributed by atoms with Crippen LogP contribution in [0.3, 0.4) is 0 Å². The fraction of sp³-hybridized carbons (Fsp3) is 0.471. The molecular formula is C17H23NO3. The van der Waals surface area contributed by atoms with Gasteiger partial charge in [-0.2, -0.15) is 0 Å². The number of carboxylic acid groups (broad SMARTS) is 1. The number of fused-ring (bicyclic) bond motifs is 1. The first kappa shape index (κ1) is 15.6. The average Bonchev–Trinajstić information content (AvgIpc) is 2.73. The van der Waals surface area contributed by atoms with Gasteiger partial charge in [0.25, 0.3) is 0 Å². The summed E-state index contributed by atoms with van der Waals surface area (Å²) in [4.78, 5) is 13.0. The van der Waals surface area contributed by atoms with E-state index >= 15 is 0 Å². The second-order valence-corrected chi connectivity index (χ2v) is 5.69. The van der Waals surface area contributed by atoms with E-state index in [9.17, 15) is 4.79 Å². The number of hydrogen-bond acceptors (Lipinski definition) is 3. The van der Waals surface area contributed by atoms with Crippen molar-refractivity contribution in [3.63, 3.8) is 0 Å². The third kappa shape index (κ3) is 3.85. The predicted octanol–water partition coefficient (Wildman–Crippen LogP) is 3.82. The zero-order chi connectivity index (χ0) is 15.4. The SMILES string of the molecule is Cc1oc2ccccc2c1CN(CCCC(=O)O)C(C)C. The first-order chi connectivity index (χ1) is 9.99. The van der Waals surface area contributed by atoms with Crippen molar-refractivity contribution in [2.45, 2.75) is 46.2 Å². The lowest BCUT2D eigenvalue weighted by Crippen LogP contribution is -2.31. The van der Waals surface area contributed by atoms with Crippen molar-refractivity contribution in [2.75, 3.05) is 6.54 Å². The molecule has 1 N–H and O–H groups in total. The maximum absolute atomic E-state index is 10.7. The lowest BCUT2D eigenvalue weighted by molar-refractivity contribution is -0.137. The van der Waals surface area contributed by atoms with Crippen LogP contribution in [0, 0.1) is 6.92 Å². The molecule has 0 radical (unpaired) electrons. The van der Waals surface area contributed by atoms with Gasteiger partial charge >= 0.3 is 5.97 Å². The molecule has 2 rings (SSSR count). The van der Waals surface area contributed by atoms with E-state index in [-0.39, 0.29) is 6.42 Å². The number of nitrogens with zero attached hydrogens (tertiary/aromatic N) is 1. The van der Waals surface area contributed by atoms with Crippen molar-refractivity contribution in [1.82, 2.24) is 4.90 Å². The third-order valence-corrected chi connectivity index (χ3v) is 3.83. The van der Waals surface area contributed by atoms with Crippen LogP contribution in [0.5, 0.6) is 0 Å². The number of rotatable bonds is 7. The number of carboxylic acids is 1. The maximum atomic E-state index is 10.7. The summed E-state index contributed by atoms with van der Waals surface area (Å²) in [5.41, 5.74) is 2.12. The van der Waals surface area contributed by atoms with Crippen LogP contribution in [0.15, 0.2) is 28.7 Å². The Kier molecular flexibility index (Phi) is 5.02. The molecule has 0 bridgehead atoms. The van der Waals surface area contributed by atoms with Gasteiger partial charge in [0.15, 0.2) is 0 Å². The van der Waals surface area contributed by atoms with E-state index in [4.69, 9.17) is 9.52 Å². The molecule has 0 saturated heterocycles. The Morgan fingerprint density at radius 2 is 2.05 bits per heavy atom. The highest BCUT2D eigenvalue weighted by atomic mass is 16.4. The number of aliphatic carboxylic acids is 1. The van der Waals surface area contributed by atoms with Crippen molar-refractivity contribution in [3.8, 4) is 0 Å². The van der Waals surface area contributed by atoms with Gasteiger partial charge in [-0.15, -0.1) is 0 Å². The number of carbonyl (C=O) groups is 1. The van der Waals surface area contributed by atoms with Crippen molar-refractivity contribution in [3.05, 3.63) is 35.6 Å². The molecule has 0 fully saturated rings. The lowest BCUT2D eigenvalue weighted by Gasteiger charge is -2.26. The van der Waals surface area contributed by atoms with Crippen LogP contribution in [-0.4, -0.2) is 28.6 Å². The van der Waals surface area contributed by atoms with Crippen LogP contribution in [0.25, 0.3) is 11.0 Å². The minimum Gasteiger partial charge on any atom is -0.481 e. The third-order valence-electron chi connectivity index (χ3n) is 3.83. The standard InChI is InChI=1S/C17H23NO3/c1-12(2)18(10-6-9-17(19)20)11-15-13(3)21-16-8-5-4-7-14(15)16/h4-5,7-8,12H,6,9-11H2,1-3H3,(H,19,20). The van der Waals surface area contributed by atoms with E-state index < -0.39 is 5.97 Å². The summed E-state index contributed by atoms with van der Waals surface area (Å²) in [6.07, 6.45) is 0.886. The Hall–Kier alpha value is -1.81. The fourth-order valence-electron chi connectivity index (χ4n) is 2.57. The number of aryl methyl sites for hydroxylation is 1. The highest BCUT2D eigenvalue weighted by molar-refractivity contribution is 5.82. The summed E-state index contributed by atoms with van der Waals surface area (Å²) in [5, 5.41) is 9.93. The van der Waals surface area contributed by atoms with Gasteiger partial charge in [-0.3, -0.25) is 9.69 Å². The molecule has 0 aliphatic rings. The van der Waals surface area contributed by atoms with Gasteiger partial charge in [0.1, 0.15) is 11.3 Å². The summed E-state index contributed by atoms with van der Waals surface area (Å²) >= 11 is 0. The Bertz CT molecular complexity index is 616. The smallest absolute Gasteiger partial charge is 0.303 e. The van der Waals surface area contributed by atoms with Crippen LogP contribution >= 0.6 is 0 Å². The molecule has 0 aliphatic heterocycles. The molecule has 0 unspecified atom stereocenters. The summed E-state index contributed by atoms with van der Waals surface area (Å²) in [6, 6.07) is 8.42. The van der Waals surface area contributed by atoms with E-state index in [1.807, 2.05) is 25.1 Å². The van der Waals surface area contributed by atoms with E-state index in [1.54, 1.807) is 0 Å². The Labute approximate surface area is 125 Å². The molecule has 114 valence electrons. The van der Waals surface area contributed by atoms with Crippen molar-refractivity contribution in [1.29, 1.82) is 0 Å². The lowest BCUT2D eigenvalue weighted by atomic mass is 10.1. The van der Waals surface area contributed by atoms with Gasteiger partial charge in [-0.1, -0.05) is 18.2 Å². The molecule has 1 heterocycles. The zero-order valence-corrected chi connectivity index (χ0v) is 12.9. The van der Waals surface area contributed by atoms with Gasteiger partial charge in [-0.25, -0.2) is 0 Å². The van der Waals surface area contributed by atoms with Gasteiger partial charge in [0.2, 0.25) is 0 Å². The molecule has 0 amide bonds. The maximum Gasteiger partial charge on any atom is 0.303 e. The van der Waals surface area contributed by atoms with Crippen LogP contribution in [0.1, 0.15) is 38.0 Å². The molecule has 21 heavy (non-hydrogen) atoms. The first-order valence-electron chi connectivity index (χ1n) is 7.42. The van der Waals surface area contributed by atoms with E-state index in [0.717, 1.165) is 29.8 Å². The quantitative estimate of drug-likeness (QED) is 0.842. The molecule has 0 aliphatic carbocycles. The molecule has 0 spiro atoms. The van der Waals surface area contributed by atoms with Crippen LogP contribution < -0.4 is 0 Å². The van der Waals surface area contributed by atoms with Crippen molar-refractivity contribution < 1.29 is 14.3 Å². The van der Waals surface area contributed by atoms with Crippen LogP contribution in [-0.2, 0) is 11.3 Å². The fourth-order valence-corrected chi connectivity index (χ4v) is 2.57. The van der Waals surface area contributed by atoms with Gasteiger partial charge in [0, 0.05) is 30.0 Å². The van der Waals surface area contributed by atoms with Crippen LogP contribution in [0.4, 0.5) is 0 Å². The van der Waals surface area contributed by atoms with Gasteiger partial charge < -0.3 is 9.52 Å². The molecule has 1 aromatic heterocycles. The monoisotopic (exact) mass is 289 g/mol. The number of benzene rings is 1. The number of furan rings is 1. The molecule has 4 heteroatoms. The Morgan fingerprint density at radius 3 is 2.71 bits per heavy atom. The highest BCUT2D eigenvalue weighted by Gasteiger charge is 2.16. The van der Waals surface area contributed by atoms with E-state index in [1.165, 1.54) is 5.56 Å². The minimum absolute atomic E-state index is 0.217. The highest BCUT2D eigenvalue weighted by Crippen LogP contribution is 2.27. The topological polar surface area (TPSA) is 53.7 Å². The molecule has 0 saturated carbocycles. The van der Waals surface area contributed by atoms with Crippen LogP contribution in [0.2, 0.25) is 0 Å². The number of hydrogen-bond donors (Lipinski definition) is 1. The van der Waals surface area contributed by atoms with E-state index in [2.05, 4.69) is 24.8 Å². The van der Waals surface area contributed by atoms with Crippen molar-refractivity contribution in [2.24, 2.45) is 0 Å². The second-order valence-electron chi connectivity index (χ2n) is 5.69. The average molecular weight is 289 g/mol. The van der Waals surface area contributed by atoms with Gasteiger partial charge in [-0.05, 0) is 39.8 Å². The molecule has 4 nitrogen and oxygen atoms in total. The molecular weight excluding hydrogens is 266 g/mol. The normalized spacial score (nSPS) is 11.7. The first-order valence-corrected chi connectivity index (χ1v) is 7.42. The largest absolute Gasteiger partial charge is 0.481 e. The Balaban J connectivity index is 2.15. The molecule has 1 aromatic carbocycles. The Morgan fingerprint density at radius 1 is 1.33 bits per heavy atom. The predicted molar refractivity (Wildman–Crippen MR) is 83.4 cm³/mol. The summed E-state index contributed by atoms with van der Waals surface area (Å²) < 4.78 is 5.80. The van der Waals surface area contributed by atoms with E-state index in [0.29, 0.717) is 12.5 Å². The zero-order valence-electron chi connectivity index (χ0n) is 12.9. The summed E-state index contributed by atoms with van der Waals surface area (Å²) in [7, 11) is 0. The second kappa shape index (κ2) is 6.76. The number of para-hydroxylation sites is 1. The molecule has 0 atom stereocenters.